The second kappa shape index (κ2) is 7.69. The minimum Gasteiger partial charge on any atom is -0.337 e. The number of nitrogens with zero attached hydrogens (tertiary/aromatic N) is 3. The van der Waals surface area contributed by atoms with E-state index in [1.807, 2.05) is 19.4 Å². The zero-order valence-corrected chi connectivity index (χ0v) is 11.1. The monoisotopic (exact) mass is 243 g/mol. The van der Waals surface area contributed by atoms with Crippen LogP contribution in [0.2, 0.25) is 0 Å². The van der Waals surface area contributed by atoms with Gasteiger partial charge in [0.25, 0.3) is 0 Å². The fraction of sp³-hybridized carbons (Fsp3) is 0.750. The fourth-order valence-electron chi connectivity index (χ4n) is 1.70. The van der Waals surface area contributed by atoms with Crippen molar-refractivity contribution in [3.05, 3.63) is 18.2 Å². The van der Waals surface area contributed by atoms with E-state index < -0.39 is 0 Å². The van der Waals surface area contributed by atoms with E-state index in [-0.39, 0.29) is 0 Å². The Bertz CT molecular complexity index is 286. The summed E-state index contributed by atoms with van der Waals surface area (Å²) in [7, 11) is 4.19. The van der Waals surface area contributed by atoms with Crippen molar-refractivity contribution in [2.75, 3.05) is 19.5 Å². The standard InChI is InChI=1S/C12H22ClN3/c1-15(9-6-4-3-5-7-13)11-12-14-8-10-16(12)2/h8,10H,3-7,9,11H2,1-2H3. The number of aryl methyl sites for hydroxylation is 1. The summed E-state index contributed by atoms with van der Waals surface area (Å²) in [6.45, 7) is 2.06. The quantitative estimate of drug-likeness (QED) is 0.517. The highest BCUT2D eigenvalue weighted by Crippen LogP contribution is 2.04. The van der Waals surface area contributed by atoms with Crippen LogP contribution in [0.15, 0.2) is 12.4 Å². The predicted molar refractivity (Wildman–Crippen MR) is 68.7 cm³/mol. The highest BCUT2D eigenvalue weighted by molar-refractivity contribution is 6.17. The van der Waals surface area contributed by atoms with Crippen LogP contribution >= 0.6 is 11.6 Å². The molecule has 1 aromatic heterocycles. The van der Waals surface area contributed by atoms with Gasteiger partial charge in [0.05, 0.1) is 6.54 Å². The van der Waals surface area contributed by atoms with Gasteiger partial charge in [0.1, 0.15) is 5.82 Å². The normalized spacial score (nSPS) is 11.2. The molecule has 1 rings (SSSR count). The fourth-order valence-corrected chi connectivity index (χ4v) is 1.89. The number of aromatic nitrogens is 2. The summed E-state index contributed by atoms with van der Waals surface area (Å²) in [5.74, 6) is 1.92. The summed E-state index contributed by atoms with van der Waals surface area (Å²) in [4.78, 5) is 6.64. The van der Waals surface area contributed by atoms with Crippen LogP contribution in [0, 0.1) is 0 Å². The topological polar surface area (TPSA) is 21.1 Å². The lowest BCUT2D eigenvalue weighted by atomic mass is 10.2. The minimum atomic E-state index is 0.795. The van der Waals surface area contributed by atoms with E-state index in [0.29, 0.717) is 0 Å². The van der Waals surface area contributed by atoms with Crippen LogP contribution in [0.25, 0.3) is 0 Å². The number of hydrogen-bond acceptors (Lipinski definition) is 2. The van der Waals surface area contributed by atoms with Gasteiger partial charge in [-0.15, -0.1) is 11.6 Å². The van der Waals surface area contributed by atoms with Crippen LogP contribution in [-0.2, 0) is 13.6 Å². The SMILES string of the molecule is CN(CCCCCCCl)Cc1nccn1C. The number of halogens is 1. The Morgan fingerprint density at radius 2 is 2.06 bits per heavy atom. The van der Waals surface area contributed by atoms with E-state index >= 15 is 0 Å². The number of hydrogen-bond donors (Lipinski definition) is 0. The van der Waals surface area contributed by atoms with E-state index in [1.165, 1.54) is 19.3 Å². The largest absolute Gasteiger partial charge is 0.337 e. The third-order valence-electron chi connectivity index (χ3n) is 2.76. The molecular weight excluding hydrogens is 222 g/mol. The van der Waals surface area contributed by atoms with Crippen molar-refractivity contribution < 1.29 is 0 Å². The van der Waals surface area contributed by atoms with Gasteiger partial charge in [-0.1, -0.05) is 12.8 Å². The summed E-state index contributed by atoms with van der Waals surface area (Å²) in [5, 5.41) is 0. The van der Waals surface area contributed by atoms with E-state index in [4.69, 9.17) is 11.6 Å². The highest BCUT2D eigenvalue weighted by atomic mass is 35.5. The van der Waals surface area contributed by atoms with Crippen molar-refractivity contribution in [2.24, 2.45) is 7.05 Å². The number of rotatable bonds is 8. The molecule has 0 radical (unpaired) electrons. The molecule has 0 aliphatic rings. The van der Waals surface area contributed by atoms with Crippen LogP contribution in [0.3, 0.4) is 0 Å². The maximum atomic E-state index is 5.63. The molecule has 0 bridgehead atoms. The Kier molecular flexibility index (Phi) is 6.50. The van der Waals surface area contributed by atoms with E-state index in [9.17, 15) is 0 Å². The number of imidazole rings is 1. The molecule has 4 heteroatoms. The molecule has 16 heavy (non-hydrogen) atoms. The molecule has 0 atom stereocenters. The van der Waals surface area contributed by atoms with Crippen molar-refractivity contribution in [1.82, 2.24) is 14.5 Å². The molecule has 92 valence electrons. The lowest BCUT2D eigenvalue weighted by Gasteiger charge is -2.15. The molecule has 0 amide bonds. The van der Waals surface area contributed by atoms with Crippen molar-refractivity contribution in [3.8, 4) is 0 Å². The van der Waals surface area contributed by atoms with E-state index in [1.54, 1.807) is 0 Å². The third kappa shape index (κ3) is 4.99. The van der Waals surface area contributed by atoms with Crippen LogP contribution < -0.4 is 0 Å². The molecule has 1 heterocycles. The van der Waals surface area contributed by atoms with Gasteiger partial charge in [0.2, 0.25) is 0 Å². The van der Waals surface area contributed by atoms with Gasteiger partial charge in [0.15, 0.2) is 0 Å². The number of alkyl halides is 1. The van der Waals surface area contributed by atoms with Gasteiger partial charge in [-0.05, 0) is 26.4 Å². The Hall–Kier alpha value is -0.540. The zero-order valence-electron chi connectivity index (χ0n) is 10.3. The van der Waals surface area contributed by atoms with Crippen LogP contribution in [0.1, 0.15) is 31.5 Å². The maximum absolute atomic E-state index is 5.63. The van der Waals surface area contributed by atoms with Gasteiger partial charge >= 0.3 is 0 Å². The molecule has 0 spiro atoms. The van der Waals surface area contributed by atoms with Gasteiger partial charge in [-0.3, -0.25) is 4.90 Å². The minimum absolute atomic E-state index is 0.795. The first-order chi connectivity index (χ1) is 7.74. The second-order valence-electron chi connectivity index (χ2n) is 4.30. The first kappa shape index (κ1) is 13.5. The van der Waals surface area contributed by atoms with E-state index in [0.717, 1.165) is 31.2 Å². The van der Waals surface area contributed by atoms with Crippen LogP contribution in [0.4, 0.5) is 0 Å². The van der Waals surface area contributed by atoms with Crippen molar-refractivity contribution in [3.63, 3.8) is 0 Å². The van der Waals surface area contributed by atoms with Crippen LogP contribution in [-0.4, -0.2) is 33.9 Å². The lowest BCUT2D eigenvalue weighted by Crippen LogP contribution is -2.21. The first-order valence-corrected chi connectivity index (χ1v) is 6.48. The van der Waals surface area contributed by atoms with Crippen molar-refractivity contribution in [1.29, 1.82) is 0 Å². The molecule has 0 aliphatic carbocycles. The summed E-state index contributed by atoms with van der Waals surface area (Å²) >= 11 is 5.63. The number of unbranched alkanes of at least 4 members (excludes halogenated alkanes) is 3. The molecule has 0 unspecified atom stereocenters. The predicted octanol–water partition coefficient (Wildman–Crippen LogP) is 2.65. The van der Waals surface area contributed by atoms with Gasteiger partial charge in [0, 0.05) is 25.3 Å². The highest BCUT2D eigenvalue weighted by Gasteiger charge is 2.03. The molecule has 0 saturated carbocycles. The first-order valence-electron chi connectivity index (χ1n) is 5.94. The molecular formula is C12H22ClN3. The Labute approximate surface area is 103 Å². The summed E-state index contributed by atoms with van der Waals surface area (Å²) in [5.41, 5.74) is 0. The summed E-state index contributed by atoms with van der Waals surface area (Å²) in [6, 6.07) is 0. The average molecular weight is 244 g/mol. The molecule has 0 aromatic carbocycles. The molecule has 0 aliphatic heterocycles. The van der Waals surface area contributed by atoms with E-state index in [2.05, 4.69) is 21.5 Å². The van der Waals surface area contributed by atoms with Crippen molar-refractivity contribution >= 4 is 11.6 Å². The summed E-state index contributed by atoms with van der Waals surface area (Å²) < 4.78 is 2.07. The molecule has 0 saturated heterocycles. The maximum Gasteiger partial charge on any atom is 0.122 e. The average Bonchev–Trinajstić information content (AvgIpc) is 2.64. The lowest BCUT2D eigenvalue weighted by molar-refractivity contribution is 0.306. The molecule has 0 N–H and O–H groups in total. The Morgan fingerprint density at radius 1 is 1.31 bits per heavy atom. The van der Waals surface area contributed by atoms with Crippen molar-refractivity contribution in [2.45, 2.75) is 32.2 Å². The molecule has 3 nitrogen and oxygen atoms in total. The van der Waals surface area contributed by atoms with Crippen LogP contribution in [0.5, 0.6) is 0 Å². The van der Waals surface area contributed by atoms with Gasteiger partial charge < -0.3 is 4.57 Å². The molecule has 1 aromatic rings. The molecule has 0 fully saturated rings. The van der Waals surface area contributed by atoms with Gasteiger partial charge in [-0.2, -0.15) is 0 Å². The Balaban J connectivity index is 2.11. The van der Waals surface area contributed by atoms with Gasteiger partial charge in [-0.25, -0.2) is 4.98 Å². The Morgan fingerprint density at radius 3 is 2.69 bits per heavy atom. The smallest absolute Gasteiger partial charge is 0.122 e. The third-order valence-corrected chi connectivity index (χ3v) is 3.02. The zero-order chi connectivity index (χ0) is 11.8. The summed E-state index contributed by atoms with van der Waals surface area (Å²) in [6.07, 6.45) is 8.76. The second-order valence-corrected chi connectivity index (χ2v) is 4.67.